The SMILES string of the molecule is CC[Si](CC)(CC)OC1C[C@H]2OC[C@@]2(OC(C)=O)C2[C@H](O)[C@]3(O)C[C@H](OC(=O)[C@H](O[Si](C)(C)C(C)(C)C)[C@@H](NC(=O)c4ccccc4)c4ccccc4)C(C)=C([C@@H](O)C(=O)[C@]12C)C3(C)C. The zero-order valence-electron chi connectivity index (χ0n) is 40.7. The first-order valence-corrected chi connectivity index (χ1v) is 28.8. The van der Waals surface area contributed by atoms with Gasteiger partial charge in [0.25, 0.3) is 5.91 Å². The van der Waals surface area contributed by atoms with Gasteiger partial charge in [-0.3, -0.25) is 14.4 Å². The fourth-order valence-electron chi connectivity index (χ4n) is 11.1. The monoisotopic (exact) mass is 935 g/mol. The molecule has 358 valence electrons. The average molecular weight is 936 g/mol. The molecule has 65 heavy (non-hydrogen) atoms. The number of fused-ring (bicyclic) bond motifs is 5. The molecule has 0 aromatic heterocycles. The number of rotatable bonds is 14. The van der Waals surface area contributed by atoms with Gasteiger partial charge >= 0.3 is 11.9 Å². The Labute approximate surface area is 387 Å². The Bertz CT molecular complexity index is 2130. The summed E-state index contributed by atoms with van der Waals surface area (Å²) in [6, 6.07) is 18.9. The average Bonchev–Trinajstić information content (AvgIpc) is 3.25. The van der Waals surface area contributed by atoms with E-state index in [-0.39, 0.29) is 30.1 Å². The minimum Gasteiger partial charge on any atom is -0.456 e. The number of benzene rings is 2. The lowest BCUT2D eigenvalue weighted by atomic mass is 9.44. The highest BCUT2D eigenvalue weighted by Crippen LogP contribution is 2.64. The van der Waals surface area contributed by atoms with Gasteiger partial charge in [-0.1, -0.05) is 104 Å². The lowest BCUT2D eigenvalue weighted by molar-refractivity contribution is -0.345. The standard InChI is InChI=1S/C50H73NO12Si2/c1-14-65(15-2,16-3)62-35-27-36-49(29-59-36,61-31(5)52)41-43(55)50(58)28-34(30(4)37(47(50,9)10)39(53)42(54)48(35,41)11)60-45(57)40(63-64(12,13)46(6,7)8)38(32-23-19-17-20-24-32)51-44(56)33-25-21-18-22-26-33/h17-26,34-36,38-41,43,53,55,58H,14-16,27-29H2,1-13H3,(H,51,56)/t34-,35?,36+,38-,39+,40+,41?,43-,48+,49-,50+/m0/s1. The molecule has 3 aliphatic carbocycles. The van der Waals surface area contributed by atoms with E-state index >= 15 is 9.59 Å². The lowest BCUT2D eigenvalue weighted by Crippen LogP contribution is -2.82. The lowest BCUT2D eigenvalue weighted by Gasteiger charge is -2.68. The van der Waals surface area contributed by atoms with Gasteiger partial charge in [0, 0.05) is 36.7 Å². The van der Waals surface area contributed by atoms with Crippen LogP contribution < -0.4 is 5.32 Å². The number of hydrogen-bond donors (Lipinski definition) is 4. The largest absolute Gasteiger partial charge is 0.456 e. The second-order valence-electron chi connectivity index (χ2n) is 21.2. The maximum Gasteiger partial charge on any atom is 0.337 e. The second-order valence-corrected chi connectivity index (χ2v) is 30.7. The highest BCUT2D eigenvalue weighted by Gasteiger charge is 2.77. The predicted molar refractivity (Wildman–Crippen MR) is 251 cm³/mol. The molecule has 2 aromatic carbocycles. The molecular formula is C50H73NO12Si2. The Balaban J connectivity index is 1.50. The highest BCUT2D eigenvalue weighted by atomic mass is 28.4. The van der Waals surface area contributed by atoms with Gasteiger partial charge in [-0.25, -0.2) is 4.79 Å². The molecule has 13 nitrogen and oxygen atoms in total. The van der Waals surface area contributed by atoms with Crippen molar-refractivity contribution in [3.63, 3.8) is 0 Å². The molecule has 15 heteroatoms. The summed E-state index contributed by atoms with van der Waals surface area (Å²) >= 11 is 0. The Morgan fingerprint density at radius 3 is 2.02 bits per heavy atom. The Hall–Kier alpha value is -3.55. The first kappa shape index (κ1) is 50.9. The third kappa shape index (κ3) is 8.55. The van der Waals surface area contributed by atoms with Gasteiger partial charge in [0.15, 0.2) is 34.1 Å². The Morgan fingerprint density at radius 2 is 1.51 bits per heavy atom. The van der Waals surface area contributed by atoms with E-state index in [1.165, 1.54) is 6.92 Å². The van der Waals surface area contributed by atoms with Crippen LogP contribution in [-0.4, -0.2) is 110 Å². The molecule has 2 bridgehead atoms. The number of hydrogen-bond acceptors (Lipinski definition) is 12. The summed E-state index contributed by atoms with van der Waals surface area (Å²) in [5, 5.41) is 42.0. The zero-order chi connectivity index (χ0) is 48.3. The van der Waals surface area contributed by atoms with E-state index in [2.05, 4.69) is 26.1 Å². The molecule has 2 aromatic rings. The summed E-state index contributed by atoms with van der Waals surface area (Å²) in [5.41, 5.74) is -5.54. The number of ketones is 1. The molecule has 4 aliphatic rings. The molecule has 3 fully saturated rings. The third-order valence-electron chi connectivity index (χ3n) is 16.5. The quantitative estimate of drug-likeness (QED) is 0.0839. The fraction of sp³-hybridized carbons (Fsp3) is 0.640. The summed E-state index contributed by atoms with van der Waals surface area (Å²) in [4.78, 5) is 57.7. The maximum atomic E-state index is 15.6. The Morgan fingerprint density at radius 1 is 0.938 bits per heavy atom. The Kier molecular flexibility index (Phi) is 14.2. The molecular weight excluding hydrogens is 863 g/mol. The number of ether oxygens (including phenoxy) is 3. The molecule has 4 N–H and O–H groups in total. The zero-order valence-corrected chi connectivity index (χ0v) is 42.7. The third-order valence-corrected chi connectivity index (χ3v) is 25.6. The van der Waals surface area contributed by atoms with Gasteiger partial charge in [0.1, 0.15) is 23.9 Å². The minimum atomic E-state index is -2.84. The van der Waals surface area contributed by atoms with Crippen LogP contribution in [0.15, 0.2) is 71.8 Å². The summed E-state index contributed by atoms with van der Waals surface area (Å²) in [5.74, 6) is -3.92. The molecule has 11 atom stereocenters. The number of carbonyl (C=O) groups excluding carboxylic acids is 4. The van der Waals surface area contributed by atoms with Crippen LogP contribution in [0.25, 0.3) is 0 Å². The number of amides is 1. The number of nitrogens with one attached hydrogen (secondary N) is 1. The molecule has 1 heterocycles. The second kappa shape index (κ2) is 18.2. The van der Waals surface area contributed by atoms with Crippen LogP contribution in [0, 0.1) is 16.7 Å². The van der Waals surface area contributed by atoms with Crippen molar-refractivity contribution in [1.82, 2.24) is 5.32 Å². The van der Waals surface area contributed by atoms with Crippen LogP contribution in [-0.2, 0) is 37.4 Å². The molecule has 1 aliphatic heterocycles. The molecule has 2 unspecified atom stereocenters. The van der Waals surface area contributed by atoms with Gasteiger partial charge in [-0.2, -0.15) is 0 Å². The van der Waals surface area contributed by atoms with Crippen molar-refractivity contribution in [2.24, 2.45) is 16.7 Å². The molecule has 1 amide bonds. The van der Waals surface area contributed by atoms with Crippen LogP contribution in [0.2, 0.25) is 36.3 Å². The number of aliphatic hydroxyl groups excluding tert-OH is 2. The van der Waals surface area contributed by atoms with Gasteiger partial charge in [-0.15, -0.1) is 0 Å². The maximum absolute atomic E-state index is 15.6. The molecule has 2 saturated carbocycles. The minimum absolute atomic E-state index is 0.115. The molecule has 6 rings (SSSR count). The van der Waals surface area contributed by atoms with Crippen LogP contribution >= 0.6 is 0 Å². The van der Waals surface area contributed by atoms with E-state index in [4.69, 9.17) is 23.1 Å². The number of carbonyl (C=O) groups is 4. The van der Waals surface area contributed by atoms with Gasteiger partial charge in [0.05, 0.1) is 30.3 Å². The van der Waals surface area contributed by atoms with E-state index < -0.39 is 111 Å². The van der Waals surface area contributed by atoms with E-state index in [0.29, 0.717) is 16.7 Å². The van der Waals surface area contributed by atoms with Gasteiger partial charge in [0.2, 0.25) is 0 Å². The summed E-state index contributed by atoms with van der Waals surface area (Å²) in [6.07, 6.45) is -8.19. The van der Waals surface area contributed by atoms with E-state index in [0.717, 1.165) is 18.1 Å². The van der Waals surface area contributed by atoms with Crippen LogP contribution in [0.5, 0.6) is 0 Å². The number of Topliss-reactive ketones (excluding diaryl/α,β-unsaturated/α-hetero) is 1. The van der Waals surface area contributed by atoms with Crippen molar-refractivity contribution >= 4 is 40.3 Å². The van der Waals surface area contributed by atoms with E-state index in [1.807, 2.05) is 39.9 Å². The van der Waals surface area contributed by atoms with Gasteiger partial charge in [-0.05, 0) is 79.0 Å². The van der Waals surface area contributed by atoms with Crippen molar-refractivity contribution in [2.45, 2.75) is 179 Å². The smallest absolute Gasteiger partial charge is 0.337 e. The van der Waals surface area contributed by atoms with Crippen molar-refractivity contribution in [2.75, 3.05) is 6.61 Å². The van der Waals surface area contributed by atoms with Crippen LogP contribution in [0.1, 0.15) is 111 Å². The summed E-state index contributed by atoms with van der Waals surface area (Å²) in [7, 11) is -5.32. The van der Waals surface area contributed by atoms with E-state index in [9.17, 15) is 24.9 Å². The van der Waals surface area contributed by atoms with E-state index in [1.54, 1.807) is 82.3 Å². The molecule has 0 radical (unpaired) electrons. The number of aliphatic hydroxyl groups is 3. The van der Waals surface area contributed by atoms with Crippen molar-refractivity contribution < 1.29 is 57.6 Å². The first-order chi connectivity index (χ1) is 30.2. The molecule has 1 saturated heterocycles. The normalized spacial score (nSPS) is 32.1. The van der Waals surface area contributed by atoms with Crippen LogP contribution in [0.3, 0.4) is 0 Å². The van der Waals surface area contributed by atoms with Crippen molar-refractivity contribution in [3.8, 4) is 0 Å². The van der Waals surface area contributed by atoms with Crippen molar-refractivity contribution in [3.05, 3.63) is 82.9 Å². The predicted octanol–water partition coefficient (Wildman–Crippen LogP) is 7.36. The van der Waals surface area contributed by atoms with Crippen LogP contribution in [0.4, 0.5) is 0 Å². The summed E-state index contributed by atoms with van der Waals surface area (Å²) in [6.45, 7) is 24.1. The topological polar surface area (TPSA) is 187 Å². The van der Waals surface area contributed by atoms with Crippen molar-refractivity contribution in [1.29, 1.82) is 0 Å². The first-order valence-electron chi connectivity index (χ1n) is 23.3. The summed E-state index contributed by atoms with van der Waals surface area (Å²) < 4.78 is 32.9. The highest BCUT2D eigenvalue weighted by molar-refractivity contribution is 6.74. The molecule has 0 spiro atoms. The fourth-order valence-corrected chi connectivity index (χ4v) is 15.3. The van der Waals surface area contributed by atoms with Gasteiger partial charge < -0.3 is 43.7 Å². The number of esters is 2.